The molecule has 1 amide bonds. The van der Waals surface area contributed by atoms with Crippen molar-refractivity contribution < 1.29 is 9.90 Å². The van der Waals surface area contributed by atoms with Crippen molar-refractivity contribution in [2.24, 2.45) is 7.05 Å². The number of piperidine rings is 1. The Morgan fingerprint density at radius 2 is 1.64 bits per heavy atom. The monoisotopic (exact) mass is 557 g/mol. The van der Waals surface area contributed by atoms with Gasteiger partial charge < -0.3 is 10.0 Å². The van der Waals surface area contributed by atoms with Crippen molar-refractivity contribution in [3.63, 3.8) is 0 Å². The zero-order valence-electron chi connectivity index (χ0n) is 23.6. The first kappa shape index (κ1) is 26.1. The summed E-state index contributed by atoms with van der Waals surface area (Å²) in [7, 11) is 1.78. The Morgan fingerprint density at radius 3 is 2.40 bits per heavy atom. The van der Waals surface area contributed by atoms with Crippen LogP contribution in [0, 0.1) is 0 Å². The number of fused-ring (bicyclic) bond motifs is 4. The van der Waals surface area contributed by atoms with E-state index in [1.54, 1.807) is 27.3 Å². The summed E-state index contributed by atoms with van der Waals surface area (Å²) in [6.07, 6.45) is 4.37. The fourth-order valence-electron chi connectivity index (χ4n) is 6.24. The molecule has 8 nitrogen and oxygen atoms in total. The fraction of sp³-hybridized carbons (Fsp3) is 0.235. The molecule has 42 heavy (non-hydrogen) atoms. The molecule has 0 aliphatic carbocycles. The topological polar surface area (TPSA) is 93.2 Å². The molecule has 7 rings (SSSR count). The van der Waals surface area contributed by atoms with Gasteiger partial charge in [-0.05, 0) is 73.2 Å². The van der Waals surface area contributed by atoms with Gasteiger partial charge in [-0.1, -0.05) is 36.4 Å². The smallest absolute Gasteiger partial charge is 0.333 e. The molecule has 210 valence electrons. The SMILES string of the molecule is CC(O)C(=O)N1CCC(c2ccc(-n3c(=O)n(C)c4cnc5ccc(-c6cnc7ccccc7c6)cc5c43)cc2)CC1. The van der Waals surface area contributed by atoms with Crippen LogP contribution >= 0.6 is 0 Å². The number of hydrogen-bond acceptors (Lipinski definition) is 5. The fourth-order valence-corrected chi connectivity index (χ4v) is 6.24. The number of carbonyl (C=O) groups is 1. The van der Waals surface area contributed by atoms with E-state index in [4.69, 9.17) is 0 Å². The minimum atomic E-state index is -0.966. The summed E-state index contributed by atoms with van der Waals surface area (Å²) in [6, 6.07) is 24.5. The Hall–Kier alpha value is -4.82. The standard InChI is InChI=1S/C34H31N5O3/c1-21(40)33(41)38-15-13-23(14-16-38)22-7-10-27(11-8-22)39-32-28-18-24(26-17-25-5-3-4-6-29(25)35-19-26)9-12-30(28)36-20-31(32)37(2)34(39)42/h3-12,17-21,23,40H,13-16H2,1-2H3. The number of aliphatic hydroxyl groups excluding tert-OH is 1. The van der Waals surface area contributed by atoms with Gasteiger partial charge in [0.25, 0.3) is 5.91 Å². The van der Waals surface area contributed by atoms with Crippen LogP contribution in [0.15, 0.2) is 90.0 Å². The lowest BCUT2D eigenvalue weighted by molar-refractivity contribution is -0.140. The highest BCUT2D eigenvalue weighted by molar-refractivity contribution is 6.04. The summed E-state index contributed by atoms with van der Waals surface area (Å²) in [5.41, 5.74) is 7.21. The van der Waals surface area contributed by atoms with Gasteiger partial charge in [-0.3, -0.25) is 23.9 Å². The second-order valence-electron chi connectivity index (χ2n) is 11.2. The van der Waals surface area contributed by atoms with Crippen LogP contribution in [-0.2, 0) is 11.8 Å². The lowest BCUT2D eigenvalue weighted by Crippen LogP contribution is -2.42. The number of aryl methyl sites for hydroxylation is 1. The van der Waals surface area contributed by atoms with E-state index in [9.17, 15) is 14.7 Å². The van der Waals surface area contributed by atoms with Crippen LogP contribution in [0.25, 0.3) is 49.7 Å². The Kier molecular flexibility index (Phi) is 6.35. The summed E-state index contributed by atoms with van der Waals surface area (Å²) in [5, 5.41) is 11.6. The maximum Gasteiger partial charge on any atom is 0.333 e. The largest absolute Gasteiger partial charge is 0.384 e. The zero-order valence-corrected chi connectivity index (χ0v) is 23.6. The number of carbonyl (C=O) groups excluding carboxylic acids is 1. The Balaban J connectivity index is 1.27. The number of imidazole rings is 1. The predicted molar refractivity (Wildman–Crippen MR) is 165 cm³/mol. The van der Waals surface area contributed by atoms with Crippen molar-refractivity contribution in [2.75, 3.05) is 13.1 Å². The third-order valence-corrected chi connectivity index (χ3v) is 8.59. The molecule has 1 aliphatic rings. The van der Waals surface area contributed by atoms with Crippen molar-refractivity contribution in [1.29, 1.82) is 0 Å². The number of hydrogen-bond donors (Lipinski definition) is 1. The summed E-state index contributed by atoms with van der Waals surface area (Å²) >= 11 is 0. The Bertz CT molecular complexity index is 2030. The molecule has 3 aromatic heterocycles. The second-order valence-corrected chi connectivity index (χ2v) is 11.2. The molecule has 1 unspecified atom stereocenters. The summed E-state index contributed by atoms with van der Waals surface area (Å²) in [4.78, 5) is 36.8. The van der Waals surface area contributed by atoms with E-state index < -0.39 is 6.10 Å². The van der Waals surface area contributed by atoms with E-state index in [-0.39, 0.29) is 11.6 Å². The van der Waals surface area contributed by atoms with Gasteiger partial charge >= 0.3 is 5.69 Å². The summed E-state index contributed by atoms with van der Waals surface area (Å²) in [6.45, 7) is 2.78. The number of para-hydroxylation sites is 1. The summed E-state index contributed by atoms with van der Waals surface area (Å²) in [5.74, 6) is 0.116. The van der Waals surface area contributed by atoms with E-state index in [1.165, 1.54) is 12.5 Å². The summed E-state index contributed by atoms with van der Waals surface area (Å²) < 4.78 is 3.42. The second kappa shape index (κ2) is 10.2. The quantitative estimate of drug-likeness (QED) is 0.323. The normalized spacial score (nSPS) is 15.1. The molecule has 4 heterocycles. The number of aliphatic hydroxyl groups is 1. The van der Waals surface area contributed by atoms with Gasteiger partial charge in [0.15, 0.2) is 0 Å². The molecular weight excluding hydrogens is 526 g/mol. The zero-order chi connectivity index (χ0) is 29.0. The van der Waals surface area contributed by atoms with Crippen molar-refractivity contribution in [3.8, 4) is 16.8 Å². The highest BCUT2D eigenvalue weighted by Crippen LogP contribution is 2.32. The van der Waals surface area contributed by atoms with Crippen molar-refractivity contribution in [2.45, 2.75) is 31.8 Å². The van der Waals surface area contributed by atoms with Crippen LogP contribution in [0.2, 0.25) is 0 Å². The number of nitrogens with zero attached hydrogens (tertiary/aromatic N) is 5. The van der Waals surface area contributed by atoms with E-state index in [1.807, 2.05) is 48.7 Å². The molecule has 0 spiro atoms. The molecule has 1 N–H and O–H groups in total. The molecular formula is C34H31N5O3. The van der Waals surface area contributed by atoms with E-state index in [0.29, 0.717) is 19.0 Å². The van der Waals surface area contributed by atoms with Gasteiger partial charge in [0.1, 0.15) is 6.10 Å². The maximum absolute atomic E-state index is 13.6. The van der Waals surface area contributed by atoms with E-state index >= 15 is 0 Å². The number of amides is 1. The molecule has 1 fully saturated rings. The van der Waals surface area contributed by atoms with Gasteiger partial charge in [-0.2, -0.15) is 0 Å². The minimum Gasteiger partial charge on any atom is -0.384 e. The van der Waals surface area contributed by atoms with Crippen molar-refractivity contribution >= 4 is 38.7 Å². The lowest BCUT2D eigenvalue weighted by Gasteiger charge is -2.33. The molecule has 3 aromatic carbocycles. The molecule has 0 bridgehead atoms. The highest BCUT2D eigenvalue weighted by Gasteiger charge is 2.26. The van der Waals surface area contributed by atoms with Crippen molar-refractivity contribution in [3.05, 3.63) is 101 Å². The van der Waals surface area contributed by atoms with Crippen LogP contribution in [0.4, 0.5) is 0 Å². The highest BCUT2D eigenvalue weighted by atomic mass is 16.3. The van der Waals surface area contributed by atoms with Crippen molar-refractivity contribution in [1.82, 2.24) is 24.0 Å². The van der Waals surface area contributed by atoms with Gasteiger partial charge in [0, 0.05) is 42.7 Å². The van der Waals surface area contributed by atoms with Gasteiger partial charge in [0.05, 0.1) is 34.0 Å². The Labute approximate surface area is 242 Å². The van der Waals surface area contributed by atoms with Gasteiger partial charge in [0.2, 0.25) is 0 Å². The first-order valence-electron chi connectivity index (χ1n) is 14.3. The number of rotatable bonds is 4. The number of pyridine rings is 2. The number of aromatic nitrogens is 4. The molecule has 8 heteroatoms. The molecule has 1 saturated heterocycles. The first-order chi connectivity index (χ1) is 20.4. The Morgan fingerprint density at radius 1 is 0.905 bits per heavy atom. The molecule has 0 radical (unpaired) electrons. The van der Waals surface area contributed by atoms with Crippen LogP contribution < -0.4 is 5.69 Å². The van der Waals surface area contributed by atoms with E-state index in [0.717, 1.165) is 62.5 Å². The lowest BCUT2D eigenvalue weighted by atomic mass is 9.89. The maximum atomic E-state index is 13.6. The third kappa shape index (κ3) is 4.35. The number of likely N-dealkylation sites (tertiary alicyclic amines) is 1. The first-order valence-corrected chi connectivity index (χ1v) is 14.3. The van der Waals surface area contributed by atoms with Crippen LogP contribution in [0.5, 0.6) is 0 Å². The molecule has 1 atom stereocenters. The molecule has 0 saturated carbocycles. The van der Waals surface area contributed by atoms with Gasteiger partial charge in [-0.15, -0.1) is 0 Å². The third-order valence-electron chi connectivity index (χ3n) is 8.59. The average Bonchev–Trinajstić information content (AvgIpc) is 3.29. The predicted octanol–water partition coefficient (Wildman–Crippen LogP) is 5.18. The van der Waals surface area contributed by atoms with Gasteiger partial charge in [-0.25, -0.2) is 4.79 Å². The van der Waals surface area contributed by atoms with Crippen LogP contribution in [0.1, 0.15) is 31.2 Å². The average molecular weight is 558 g/mol. The number of benzene rings is 3. The van der Waals surface area contributed by atoms with Crippen LogP contribution in [0.3, 0.4) is 0 Å². The molecule has 1 aliphatic heterocycles. The molecule has 6 aromatic rings. The minimum absolute atomic E-state index is 0.130. The van der Waals surface area contributed by atoms with Crippen LogP contribution in [-0.4, -0.2) is 54.2 Å². The van der Waals surface area contributed by atoms with E-state index in [2.05, 4.69) is 40.3 Å².